The normalized spacial score (nSPS) is 9.70. The van der Waals surface area contributed by atoms with Crippen LogP contribution in [0.15, 0.2) is 29.5 Å². The predicted octanol–water partition coefficient (Wildman–Crippen LogP) is 0.632. The number of Topliss-reactive ketones (excluding diaryl/α,β-unsaturated/α-hetero) is 1. The zero-order valence-corrected chi connectivity index (χ0v) is 5.92. The molecule has 54 valence electrons. The first kappa shape index (κ1) is 8.62. The summed E-state index contributed by atoms with van der Waals surface area (Å²) in [6, 6.07) is 0. The molecule has 0 fully saturated rings. The first-order valence-electron chi connectivity index (χ1n) is 2.72. The molecule has 3 nitrogen and oxygen atoms in total. The van der Waals surface area contributed by atoms with E-state index in [9.17, 15) is 4.79 Å². The highest BCUT2D eigenvalue weighted by atomic mass is 16.1. The molecule has 0 atom stereocenters. The van der Waals surface area contributed by atoms with E-state index in [2.05, 4.69) is 18.2 Å². The summed E-state index contributed by atoms with van der Waals surface area (Å²) >= 11 is 0. The minimum absolute atomic E-state index is 0.169. The van der Waals surface area contributed by atoms with E-state index in [1.807, 2.05) is 0 Å². The predicted molar refractivity (Wildman–Crippen MR) is 41.6 cm³/mol. The van der Waals surface area contributed by atoms with Crippen LogP contribution >= 0.6 is 0 Å². The third-order valence-corrected chi connectivity index (χ3v) is 0.793. The minimum atomic E-state index is -0.169. The van der Waals surface area contributed by atoms with Crippen molar-refractivity contribution in [2.45, 2.75) is 6.92 Å². The summed E-state index contributed by atoms with van der Waals surface area (Å²) in [5.74, 6) is -0.169. The lowest BCUT2D eigenvalue weighted by Gasteiger charge is -1.89. The first-order chi connectivity index (χ1) is 4.54. The van der Waals surface area contributed by atoms with Crippen LogP contribution in [-0.4, -0.2) is 12.0 Å². The molecule has 0 unspecified atom stereocenters. The average molecular weight is 138 g/mol. The molecule has 0 rings (SSSR count). The van der Waals surface area contributed by atoms with Crippen molar-refractivity contribution in [2.75, 3.05) is 0 Å². The highest BCUT2D eigenvalue weighted by molar-refractivity contribution is 5.94. The van der Waals surface area contributed by atoms with Crippen LogP contribution in [0.4, 0.5) is 0 Å². The van der Waals surface area contributed by atoms with Gasteiger partial charge in [-0.05, 0) is 0 Å². The van der Waals surface area contributed by atoms with Crippen molar-refractivity contribution in [3.8, 4) is 0 Å². The summed E-state index contributed by atoms with van der Waals surface area (Å²) in [7, 11) is 0. The van der Waals surface area contributed by atoms with Crippen molar-refractivity contribution in [2.24, 2.45) is 10.7 Å². The maximum atomic E-state index is 10.5. The van der Waals surface area contributed by atoms with Gasteiger partial charge in [-0.1, -0.05) is 13.2 Å². The molecule has 0 aromatic heterocycles. The SMILES string of the molecule is C=C(N)C=NC(=C)C(C)=O. The van der Waals surface area contributed by atoms with Gasteiger partial charge < -0.3 is 5.73 Å². The van der Waals surface area contributed by atoms with E-state index < -0.39 is 0 Å². The van der Waals surface area contributed by atoms with Gasteiger partial charge in [0.25, 0.3) is 0 Å². The Bertz CT molecular complexity index is 204. The van der Waals surface area contributed by atoms with Gasteiger partial charge in [-0.3, -0.25) is 9.79 Å². The molecule has 0 aliphatic heterocycles. The second-order valence-corrected chi connectivity index (χ2v) is 1.84. The second-order valence-electron chi connectivity index (χ2n) is 1.84. The van der Waals surface area contributed by atoms with Gasteiger partial charge in [-0.15, -0.1) is 0 Å². The molecule has 0 radical (unpaired) electrons. The molecule has 0 aromatic carbocycles. The number of hydrogen-bond acceptors (Lipinski definition) is 3. The van der Waals surface area contributed by atoms with E-state index >= 15 is 0 Å². The van der Waals surface area contributed by atoms with Crippen molar-refractivity contribution in [3.63, 3.8) is 0 Å². The molecule has 0 aliphatic rings. The molecule has 0 amide bonds. The Balaban J connectivity index is 4.03. The molecule has 0 aliphatic carbocycles. The maximum absolute atomic E-state index is 10.5. The van der Waals surface area contributed by atoms with Crippen molar-refractivity contribution in [3.05, 3.63) is 24.6 Å². The molecule has 2 N–H and O–H groups in total. The quantitative estimate of drug-likeness (QED) is 0.459. The lowest BCUT2D eigenvalue weighted by molar-refractivity contribution is -0.113. The molecule has 0 heterocycles. The average Bonchev–Trinajstić information content (AvgIpc) is 1.82. The van der Waals surface area contributed by atoms with Gasteiger partial charge in [-0.25, -0.2) is 0 Å². The Hall–Kier alpha value is -1.38. The van der Waals surface area contributed by atoms with Gasteiger partial charge >= 0.3 is 0 Å². The van der Waals surface area contributed by atoms with Crippen LogP contribution in [0.1, 0.15) is 6.92 Å². The van der Waals surface area contributed by atoms with Gasteiger partial charge in [0.15, 0.2) is 5.78 Å². The summed E-state index contributed by atoms with van der Waals surface area (Å²) in [4.78, 5) is 14.1. The number of carbonyl (C=O) groups excluding carboxylic acids is 1. The third kappa shape index (κ3) is 3.60. The number of carbonyl (C=O) groups is 1. The smallest absolute Gasteiger partial charge is 0.177 e. The van der Waals surface area contributed by atoms with Crippen molar-refractivity contribution >= 4 is 12.0 Å². The fraction of sp³-hybridized carbons (Fsp3) is 0.143. The zero-order chi connectivity index (χ0) is 8.15. The Kier molecular flexibility index (Phi) is 3.11. The second kappa shape index (κ2) is 3.61. The van der Waals surface area contributed by atoms with Gasteiger partial charge in [0.05, 0.1) is 5.70 Å². The van der Waals surface area contributed by atoms with Crippen LogP contribution in [0.5, 0.6) is 0 Å². The molecule has 0 saturated heterocycles. The van der Waals surface area contributed by atoms with E-state index in [1.165, 1.54) is 13.1 Å². The first-order valence-corrected chi connectivity index (χ1v) is 2.72. The van der Waals surface area contributed by atoms with E-state index in [-0.39, 0.29) is 11.5 Å². The lowest BCUT2D eigenvalue weighted by Crippen LogP contribution is -1.97. The number of allylic oxidation sites excluding steroid dienone is 2. The van der Waals surface area contributed by atoms with Crippen LogP contribution in [0, 0.1) is 0 Å². The molecule has 0 spiro atoms. The molecule has 0 saturated carbocycles. The van der Waals surface area contributed by atoms with Crippen LogP contribution in [0.25, 0.3) is 0 Å². The van der Waals surface area contributed by atoms with Gasteiger partial charge in [0.1, 0.15) is 0 Å². The third-order valence-electron chi connectivity index (χ3n) is 0.793. The maximum Gasteiger partial charge on any atom is 0.177 e. The molecular formula is C7H10N2O. The van der Waals surface area contributed by atoms with Crippen LogP contribution < -0.4 is 5.73 Å². The standard InChI is InChI=1S/C7H10N2O/c1-5(8)4-9-6(2)7(3)10/h4H,1-2,8H2,3H3. The van der Waals surface area contributed by atoms with Crippen LogP contribution in [-0.2, 0) is 4.79 Å². The molecule has 0 aromatic rings. The summed E-state index contributed by atoms with van der Waals surface area (Å²) in [6.45, 7) is 8.13. The largest absolute Gasteiger partial charge is 0.398 e. The zero-order valence-electron chi connectivity index (χ0n) is 5.92. The highest BCUT2D eigenvalue weighted by Crippen LogP contribution is 1.91. The monoisotopic (exact) mass is 138 g/mol. The van der Waals surface area contributed by atoms with E-state index in [0.29, 0.717) is 5.70 Å². The Morgan fingerprint density at radius 3 is 2.40 bits per heavy atom. The number of hydrogen-bond donors (Lipinski definition) is 1. The topological polar surface area (TPSA) is 55.4 Å². The Morgan fingerprint density at radius 1 is 1.60 bits per heavy atom. The van der Waals surface area contributed by atoms with Crippen molar-refractivity contribution in [1.29, 1.82) is 0 Å². The number of rotatable bonds is 3. The minimum Gasteiger partial charge on any atom is -0.398 e. The summed E-state index contributed by atoms with van der Waals surface area (Å²) in [5, 5.41) is 0. The Morgan fingerprint density at radius 2 is 2.10 bits per heavy atom. The van der Waals surface area contributed by atoms with Crippen LogP contribution in [0.3, 0.4) is 0 Å². The summed E-state index contributed by atoms with van der Waals surface area (Å²) in [5.41, 5.74) is 5.64. The number of ketones is 1. The van der Waals surface area contributed by atoms with Gasteiger partial charge in [-0.2, -0.15) is 0 Å². The highest BCUT2D eigenvalue weighted by Gasteiger charge is 1.93. The number of aliphatic imine (C=N–C) groups is 1. The van der Waals surface area contributed by atoms with Gasteiger partial charge in [0, 0.05) is 18.8 Å². The molecule has 10 heavy (non-hydrogen) atoms. The number of nitrogens with two attached hydrogens (primary N) is 1. The van der Waals surface area contributed by atoms with E-state index in [1.54, 1.807) is 0 Å². The fourth-order valence-corrected chi connectivity index (χ4v) is 0.252. The molecular weight excluding hydrogens is 128 g/mol. The summed E-state index contributed by atoms with van der Waals surface area (Å²) < 4.78 is 0. The van der Waals surface area contributed by atoms with Crippen molar-refractivity contribution in [1.82, 2.24) is 0 Å². The van der Waals surface area contributed by atoms with Crippen molar-refractivity contribution < 1.29 is 4.79 Å². The van der Waals surface area contributed by atoms with Gasteiger partial charge in [0.2, 0.25) is 0 Å². The lowest BCUT2D eigenvalue weighted by atomic mass is 10.3. The van der Waals surface area contributed by atoms with Crippen LogP contribution in [0.2, 0.25) is 0 Å². The Labute approximate surface area is 59.9 Å². The van der Waals surface area contributed by atoms with E-state index in [0.717, 1.165) is 0 Å². The molecule has 0 bridgehead atoms. The molecule has 3 heteroatoms. The summed E-state index contributed by atoms with van der Waals surface area (Å²) in [6.07, 6.45) is 1.30. The fourth-order valence-electron chi connectivity index (χ4n) is 0.252. The van der Waals surface area contributed by atoms with E-state index in [4.69, 9.17) is 5.73 Å². The number of nitrogens with zero attached hydrogens (tertiary/aromatic N) is 1.